The first-order valence-corrected chi connectivity index (χ1v) is 7.82. The minimum atomic E-state index is -0.165. The van der Waals surface area contributed by atoms with E-state index in [2.05, 4.69) is 20.6 Å². The minimum Gasteiger partial charge on any atom is -0.495 e. The van der Waals surface area contributed by atoms with Crippen molar-refractivity contribution in [3.63, 3.8) is 0 Å². The Morgan fingerprint density at radius 1 is 1.29 bits per heavy atom. The number of anilines is 2. The first-order valence-electron chi connectivity index (χ1n) is 7.44. The second-order valence-electron chi connectivity index (χ2n) is 4.74. The van der Waals surface area contributed by atoms with Gasteiger partial charge in [-0.2, -0.15) is 0 Å². The van der Waals surface area contributed by atoms with Crippen molar-refractivity contribution in [3.8, 4) is 11.6 Å². The third kappa shape index (κ3) is 5.27. The third-order valence-electron chi connectivity index (χ3n) is 3.03. The van der Waals surface area contributed by atoms with Gasteiger partial charge in [0, 0.05) is 24.1 Å². The van der Waals surface area contributed by atoms with E-state index in [1.807, 2.05) is 6.92 Å². The van der Waals surface area contributed by atoms with E-state index in [4.69, 9.17) is 21.1 Å². The van der Waals surface area contributed by atoms with E-state index >= 15 is 0 Å². The van der Waals surface area contributed by atoms with Gasteiger partial charge in [0.05, 0.1) is 19.4 Å². The number of nitrogens with one attached hydrogen (secondary N) is 2. The second-order valence-corrected chi connectivity index (χ2v) is 5.18. The number of halogens is 1. The van der Waals surface area contributed by atoms with Crippen LogP contribution in [0.15, 0.2) is 30.6 Å². The molecule has 8 heteroatoms. The summed E-state index contributed by atoms with van der Waals surface area (Å²) in [5, 5.41) is 6.35. The Bertz CT molecular complexity index is 697. The highest BCUT2D eigenvalue weighted by atomic mass is 35.5. The van der Waals surface area contributed by atoms with Gasteiger partial charge in [0.15, 0.2) is 0 Å². The number of aromatic nitrogens is 2. The second kappa shape index (κ2) is 8.93. The average Bonchev–Trinajstić information content (AvgIpc) is 2.56. The zero-order chi connectivity index (χ0) is 17.4. The standard InChI is InChI=1S/C16H19ClN4O3/c1-3-24-16-9-14(19-10-20-16)18-7-6-15(22)21-12-8-11(17)4-5-13(12)23-2/h4-5,8-10H,3,6-7H2,1-2H3,(H,21,22)(H,18,19,20). The lowest BCUT2D eigenvalue weighted by molar-refractivity contribution is -0.116. The van der Waals surface area contributed by atoms with Crippen LogP contribution in [0, 0.1) is 0 Å². The lowest BCUT2D eigenvalue weighted by Crippen LogP contribution is -2.17. The van der Waals surface area contributed by atoms with Gasteiger partial charge in [0.1, 0.15) is 17.9 Å². The van der Waals surface area contributed by atoms with Crippen LogP contribution in [0.2, 0.25) is 5.02 Å². The summed E-state index contributed by atoms with van der Waals surface area (Å²) in [6.07, 6.45) is 1.66. The lowest BCUT2D eigenvalue weighted by Gasteiger charge is -2.11. The summed E-state index contributed by atoms with van der Waals surface area (Å²) >= 11 is 5.94. The molecular formula is C16H19ClN4O3. The molecule has 0 spiro atoms. The monoisotopic (exact) mass is 350 g/mol. The number of nitrogens with zero attached hydrogens (tertiary/aromatic N) is 2. The van der Waals surface area contributed by atoms with Gasteiger partial charge in [0.25, 0.3) is 0 Å². The minimum absolute atomic E-state index is 0.165. The van der Waals surface area contributed by atoms with E-state index in [1.165, 1.54) is 13.4 Å². The van der Waals surface area contributed by atoms with E-state index in [0.717, 1.165) is 0 Å². The predicted molar refractivity (Wildman–Crippen MR) is 92.9 cm³/mol. The smallest absolute Gasteiger partial charge is 0.226 e. The Balaban J connectivity index is 1.85. The summed E-state index contributed by atoms with van der Waals surface area (Å²) in [7, 11) is 1.53. The molecule has 0 aliphatic heterocycles. The van der Waals surface area contributed by atoms with Gasteiger partial charge < -0.3 is 20.1 Å². The van der Waals surface area contributed by atoms with E-state index in [0.29, 0.717) is 41.3 Å². The van der Waals surface area contributed by atoms with Gasteiger partial charge in [-0.05, 0) is 25.1 Å². The number of hydrogen-bond donors (Lipinski definition) is 2. The van der Waals surface area contributed by atoms with E-state index in [-0.39, 0.29) is 12.3 Å². The number of hydrogen-bond acceptors (Lipinski definition) is 6. The Kier molecular flexibility index (Phi) is 6.62. The summed E-state index contributed by atoms with van der Waals surface area (Å²) in [5.41, 5.74) is 0.538. The molecule has 0 bridgehead atoms. The molecule has 0 aliphatic rings. The Morgan fingerprint density at radius 3 is 2.88 bits per heavy atom. The molecule has 0 radical (unpaired) electrons. The molecule has 1 aromatic carbocycles. The molecule has 2 aromatic rings. The summed E-state index contributed by atoms with van der Waals surface area (Å²) in [5.74, 6) is 1.48. The molecule has 1 amide bonds. The molecule has 0 aliphatic carbocycles. The van der Waals surface area contributed by atoms with Crippen LogP contribution in [0.1, 0.15) is 13.3 Å². The maximum absolute atomic E-state index is 12.0. The molecule has 128 valence electrons. The number of carbonyl (C=O) groups is 1. The van der Waals surface area contributed by atoms with Gasteiger partial charge in [-0.15, -0.1) is 0 Å². The highest BCUT2D eigenvalue weighted by Crippen LogP contribution is 2.27. The maximum Gasteiger partial charge on any atom is 0.226 e. The maximum atomic E-state index is 12.0. The molecule has 0 saturated heterocycles. The predicted octanol–water partition coefficient (Wildman–Crippen LogP) is 2.98. The highest BCUT2D eigenvalue weighted by Gasteiger charge is 2.08. The van der Waals surface area contributed by atoms with Gasteiger partial charge in [-0.3, -0.25) is 4.79 Å². The Labute approximate surface area is 145 Å². The molecule has 24 heavy (non-hydrogen) atoms. The number of amides is 1. The van der Waals surface area contributed by atoms with E-state index < -0.39 is 0 Å². The summed E-state index contributed by atoms with van der Waals surface area (Å²) in [6.45, 7) is 2.82. The summed E-state index contributed by atoms with van der Waals surface area (Å²) < 4.78 is 10.5. The van der Waals surface area contributed by atoms with Crippen LogP contribution in [0.3, 0.4) is 0 Å². The number of carbonyl (C=O) groups excluding carboxylic acids is 1. The topological polar surface area (TPSA) is 85.4 Å². The van der Waals surface area contributed by atoms with Crippen molar-refractivity contribution < 1.29 is 14.3 Å². The van der Waals surface area contributed by atoms with Crippen molar-refractivity contribution >= 4 is 29.0 Å². The van der Waals surface area contributed by atoms with Crippen LogP contribution in [0.4, 0.5) is 11.5 Å². The first kappa shape index (κ1) is 17.8. The molecular weight excluding hydrogens is 332 g/mol. The van der Waals surface area contributed by atoms with E-state index in [1.54, 1.807) is 24.3 Å². The van der Waals surface area contributed by atoms with Crippen molar-refractivity contribution in [2.45, 2.75) is 13.3 Å². The number of methoxy groups -OCH3 is 1. The summed E-state index contributed by atoms with van der Waals surface area (Å²) in [6, 6.07) is 6.72. The first-order chi connectivity index (χ1) is 11.6. The molecule has 7 nitrogen and oxygen atoms in total. The molecule has 0 unspecified atom stereocenters. The van der Waals surface area contributed by atoms with Crippen molar-refractivity contribution in [2.75, 3.05) is 30.9 Å². The van der Waals surface area contributed by atoms with Gasteiger partial charge in [-0.1, -0.05) is 11.6 Å². The summed E-state index contributed by atoms with van der Waals surface area (Å²) in [4.78, 5) is 20.1. The Morgan fingerprint density at radius 2 is 2.12 bits per heavy atom. The fraction of sp³-hybridized carbons (Fsp3) is 0.312. The van der Waals surface area contributed by atoms with Crippen LogP contribution < -0.4 is 20.1 Å². The third-order valence-corrected chi connectivity index (χ3v) is 3.26. The molecule has 0 saturated carbocycles. The molecule has 2 rings (SSSR count). The van der Waals surface area contributed by atoms with Gasteiger partial charge in [0.2, 0.25) is 11.8 Å². The zero-order valence-corrected chi connectivity index (χ0v) is 14.3. The SMILES string of the molecule is CCOc1cc(NCCC(=O)Nc2cc(Cl)ccc2OC)ncn1. The largest absolute Gasteiger partial charge is 0.495 e. The van der Waals surface area contributed by atoms with Crippen LogP contribution in [-0.4, -0.2) is 36.1 Å². The molecule has 1 heterocycles. The van der Waals surface area contributed by atoms with Gasteiger partial charge >= 0.3 is 0 Å². The molecule has 0 atom stereocenters. The van der Waals surface area contributed by atoms with E-state index in [9.17, 15) is 4.79 Å². The van der Waals surface area contributed by atoms with Gasteiger partial charge in [-0.25, -0.2) is 9.97 Å². The van der Waals surface area contributed by atoms with Crippen molar-refractivity contribution in [2.24, 2.45) is 0 Å². The quantitative estimate of drug-likeness (QED) is 0.761. The number of rotatable bonds is 8. The molecule has 1 aromatic heterocycles. The molecule has 2 N–H and O–H groups in total. The highest BCUT2D eigenvalue weighted by molar-refractivity contribution is 6.31. The van der Waals surface area contributed by atoms with Crippen molar-refractivity contribution in [1.82, 2.24) is 9.97 Å². The number of ether oxygens (including phenoxy) is 2. The lowest BCUT2D eigenvalue weighted by atomic mass is 10.2. The molecule has 0 fully saturated rings. The van der Waals surface area contributed by atoms with Crippen LogP contribution in [-0.2, 0) is 4.79 Å². The van der Waals surface area contributed by atoms with Crippen LogP contribution in [0.25, 0.3) is 0 Å². The fourth-order valence-corrected chi connectivity index (χ4v) is 2.13. The fourth-order valence-electron chi connectivity index (χ4n) is 1.96. The van der Waals surface area contributed by atoms with Crippen molar-refractivity contribution in [1.29, 1.82) is 0 Å². The Hall–Kier alpha value is -2.54. The van der Waals surface area contributed by atoms with Crippen molar-refractivity contribution in [3.05, 3.63) is 35.6 Å². The average molecular weight is 351 g/mol. The number of benzene rings is 1. The van der Waals surface area contributed by atoms with Crippen LogP contribution in [0.5, 0.6) is 11.6 Å². The normalized spacial score (nSPS) is 10.1. The van der Waals surface area contributed by atoms with Crippen LogP contribution >= 0.6 is 11.6 Å². The zero-order valence-electron chi connectivity index (χ0n) is 13.5.